The number of para-hydroxylation sites is 1. The van der Waals surface area contributed by atoms with Crippen molar-refractivity contribution >= 4 is 62.3 Å². The van der Waals surface area contributed by atoms with Gasteiger partial charge in [-0.15, -0.1) is 0 Å². The monoisotopic (exact) mass is 649 g/mol. The van der Waals surface area contributed by atoms with E-state index in [9.17, 15) is 18.0 Å². The van der Waals surface area contributed by atoms with Gasteiger partial charge < -0.3 is 10.2 Å². The van der Waals surface area contributed by atoms with Crippen molar-refractivity contribution in [2.24, 2.45) is 0 Å². The Kier molecular flexibility index (Phi) is 10.8. The van der Waals surface area contributed by atoms with Crippen LogP contribution in [0.4, 0.5) is 5.69 Å². The third kappa shape index (κ3) is 7.59. The van der Waals surface area contributed by atoms with Crippen LogP contribution in [0.25, 0.3) is 0 Å². The Morgan fingerprint density at radius 3 is 2.21 bits per heavy atom. The van der Waals surface area contributed by atoms with E-state index in [1.807, 2.05) is 13.8 Å². The van der Waals surface area contributed by atoms with E-state index in [1.54, 1.807) is 54.6 Å². The molecule has 0 radical (unpaired) electrons. The maximum atomic E-state index is 14.2. The first-order chi connectivity index (χ1) is 20.0. The van der Waals surface area contributed by atoms with Crippen LogP contribution in [0.2, 0.25) is 15.1 Å². The van der Waals surface area contributed by atoms with Crippen molar-refractivity contribution in [3.05, 3.63) is 92.9 Å². The lowest BCUT2D eigenvalue weighted by Gasteiger charge is -2.34. The minimum atomic E-state index is -4.22. The van der Waals surface area contributed by atoms with Crippen LogP contribution in [0.15, 0.2) is 71.6 Å². The Labute approximate surface area is 262 Å². The molecule has 0 saturated heterocycles. The molecule has 0 spiro atoms. The molecule has 11 heteroatoms. The summed E-state index contributed by atoms with van der Waals surface area (Å²) in [6, 6.07) is 17.0. The van der Waals surface area contributed by atoms with E-state index in [4.69, 9.17) is 34.8 Å². The van der Waals surface area contributed by atoms with Gasteiger partial charge in [-0.2, -0.15) is 0 Å². The van der Waals surface area contributed by atoms with Crippen LogP contribution >= 0.6 is 34.8 Å². The Morgan fingerprint density at radius 1 is 0.929 bits per heavy atom. The summed E-state index contributed by atoms with van der Waals surface area (Å²) >= 11 is 18.9. The quantitative estimate of drug-likeness (QED) is 0.242. The number of rotatable bonds is 11. The maximum absolute atomic E-state index is 14.2. The van der Waals surface area contributed by atoms with Crippen molar-refractivity contribution in [3.8, 4) is 0 Å². The van der Waals surface area contributed by atoms with Gasteiger partial charge in [0, 0.05) is 12.6 Å². The summed E-state index contributed by atoms with van der Waals surface area (Å²) in [5.74, 6) is -0.839. The van der Waals surface area contributed by atoms with Gasteiger partial charge in [0.05, 0.1) is 25.7 Å². The molecule has 1 aliphatic rings. The van der Waals surface area contributed by atoms with Crippen LogP contribution < -0.4 is 9.62 Å². The third-order valence-electron chi connectivity index (χ3n) is 7.43. The lowest BCUT2D eigenvalue weighted by atomic mass is 10.1. The summed E-state index contributed by atoms with van der Waals surface area (Å²) in [6.45, 7) is 3.12. The highest BCUT2D eigenvalue weighted by Crippen LogP contribution is 2.31. The molecule has 1 fully saturated rings. The first-order valence-corrected chi connectivity index (χ1v) is 16.5. The molecule has 1 atom stereocenters. The fraction of sp³-hybridized carbons (Fsp3) is 0.355. The molecule has 1 saturated carbocycles. The standard InChI is InChI=1S/C31H34Cl3N3O4S/c1-3-28(31(39)35-23-8-4-5-9-23)36(19-22-14-17-25(32)27(34)18-22)30(38)20-37(29-11-7-6-10-26(29)33)42(40,41)24-15-12-21(2)13-16-24/h6-7,10-18,23,28H,3-5,8-9,19-20H2,1-2H3,(H,35,39)/t28-/m0/s1. The SMILES string of the molecule is CC[C@@H](C(=O)NC1CCCC1)N(Cc1ccc(Cl)c(Cl)c1)C(=O)CN(c1ccccc1Cl)S(=O)(=O)c1ccc(C)cc1. The largest absolute Gasteiger partial charge is 0.352 e. The topological polar surface area (TPSA) is 86.8 Å². The molecule has 0 aliphatic heterocycles. The van der Waals surface area contributed by atoms with E-state index in [0.29, 0.717) is 22.0 Å². The number of nitrogens with one attached hydrogen (secondary N) is 1. The van der Waals surface area contributed by atoms with Crippen LogP contribution in [0, 0.1) is 6.92 Å². The van der Waals surface area contributed by atoms with E-state index in [0.717, 1.165) is 35.6 Å². The predicted molar refractivity (Wildman–Crippen MR) is 169 cm³/mol. The number of halogens is 3. The highest BCUT2D eigenvalue weighted by molar-refractivity contribution is 7.92. The van der Waals surface area contributed by atoms with Gasteiger partial charge in [0.2, 0.25) is 11.8 Å². The minimum Gasteiger partial charge on any atom is -0.352 e. The van der Waals surface area contributed by atoms with Crippen molar-refractivity contribution in [2.45, 2.75) is 69.5 Å². The van der Waals surface area contributed by atoms with Gasteiger partial charge in [0.15, 0.2) is 0 Å². The normalized spacial score (nSPS) is 14.4. The first-order valence-electron chi connectivity index (χ1n) is 13.9. The number of hydrogen-bond acceptors (Lipinski definition) is 4. The number of carbonyl (C=O) groups is 2. The summed E-state index contributed by atoms with van der Waals surface area (Å²) in [7, 11) is -4.22. The second-order valence-corrected chi connectivity index (χ2v) is 13.5. The highest BCUT2D eigenvalue weighted by Gasteiger charge is 2.35. The number of hydrogen-bond donors (Lipinski definition) is 1. The summed E-state index contributed by atoms with van der Waals surface area (Å²) in [5.41, 5.74) is 1.70. The van der Waals surface area contributed by atoms with E-state index in [1.165, 1.54) is 17.0 Å². The molecular formula is C31H34Cl3N3O4S. The molecule has 0 aromatic heterocycles. The lowest BCUT2D eigenvalue weighted by molar-refractivity contribution is -0.140. The fourth-order valence-corrected chi connectivity index (χ4v) is 7.17. The zero-order valence-electron chi connectivity index (χ0n) is 23.5. The van der Waals surface area contributed by atoms with Gasteiger partial charge in [0.25, 0.3) is 10.0 Å². The average molecular weight is 651 g/mol. The highest BCUT2D eigenvalue weighted by atomic mass is 35.5. The number of aryl methyl sites for hydroxylation is 1. The summed E-state index contributed by atoms with van der Waals surface area (Å²) in [5, 5.41) is 3.93. The molecule has 3 aromatic rings. The van der Waals surface area contributed by atoms with Crippen LogP contribution in [-0.4, -0.2) is 43.8 Å². The molecule has 0 bridgehead atoms. The van der Waals surface area contributed by atoms with Gasteiger partial charge in [-0.05, 0) is 68.1 Å². The fourth-order valence-electron chi connectivity index (χ4n) is 5.13. The van der Waals surface area contributed by atoms with Gasteiger partial charge in [0.1, 0.15) is 12.6 Å². The molecule has 4 rings (SSSR count). The summed E-state index contributed by atoms with van der Waals surface area (Å²) in [4.78, 5) is 29.2. The Bertz CT molecular complexity index is 1530. The molecular weight excluding hydrogens is 617 g/mol. The summed E-state index contributed by atoms with van der Waals surface area (Å²) < 4.78 is 29.0. The predicted octanol–water partition coefficient (Wildman–Crippen LogP) is 7.02. The van der Waals surface area contributed by atoms with E-state index >= 15 is 0 Å². The molecule has 2 amide bonds. The van der Waals surface area contributed by atoms with E-state index < -0.39 is 28.5 Å². The Balaban J connectivity index is 1.73. The molecule has 7 nitrogen and oxygen atoms in total. The number of nitrogens with zero attached hydrogens (tertiary/aromatic N) is 2. The maximum Gasteiger partial charge on any atom is 0.264 e. The first kappa shape index (κ1) is 32.1. The zero-order valence-corrected chi connectivity index (χ0v) is 26.6. The van der Waals surface area contributed by atoms with Crippen molar-refractivity contribution in [2.75, 3.05) is 10.8 Å². The number of benzene rings is 3. The molecule has 1 N–H and O–H groups in total. The van der Waals surface area contributed by atoms with Crippen LogP contribution in [0.1, 0.15) is 50.2 Å². The molecule has 0 unspecified atom stereocenters. The van der Waals surface area contributed by atoms with Gasteiger partial charge >= 0.3 is 0 Å². The third-order valence-corrected chi connectivity index (χ3v) is 10.3. The number of amides is 2. The number of anilines is 1. The number of carbonyl (C=O) groups excluding carboxylic acids is 2. The number of sulfonamides is 1. The molecule has 3 aromatic carbocycles. The average Bonchev–Trinajstić information content (AvgIpc) is 3.47. The summed E-state index contributed by atoms with van der Waals surface area (Å²) in [6.07, 6.45) is 4.17. The van der Waals surface area contributed by atoms with E-state index in [-0.39, 0.29) is 34.1 Å². The lowest BCUT2D eigenvalue weighted by Crippen LogP contribution is -2.53. The van der Waals surface area contributed by atoms with Crippen LogP contribution in [0.5, 0.6) is 0 Å². The molecule has 1 aliphatic carbocycles. The van der Waals surface area contributed by atoms with Crippen molar-refractivity contribution < 1.29 is 18.0 Å². The van der Waals surface area contributed by atoms with Gasteiger partial charge in [-0.1, -0.05) is 90.5 Å². The Hall–Kier alpha value is -2.78. The smallest absolute Gasteiger partial charge is 0.264 e. The van der Waals surface area contributed by atoms with Crippen LogP contribution in [-0.2, 0) is 26.2 Å². The van der Waals surface area contributed by atoms with Crippen molar-refractivity contribution in [3.63, 3.8) is 0 Å². The molecule has 0 heterocycles. The molecule has 42 heavy (non-hydrogen) atoms. The molecule has 224 valence electrons. The van der Waals surface area contributed by atoms with Gasteiger partial charge in [-0.25, -0.2) is 8.42 Å². The van der Waals surface area contributed by atoms with Crippen molar-refractivity contribution in [1.29, 1.82) is 0 Å². The minimum absolute atomic E-state index is 0.0165. The van der Waals surface area contributed by atoms with Crippen LogP contribution in [0.3, 0.4) is 0 Å². The second kappa shape index (κ2) is 14.1. The zero-order chi connectivity index (χ0) is 30.4. The van der Waals surface area contributed by atoms with E-state index in [2.05, 4.69) is 5.32 Å². The van der Waals surface area contributed by atoms with Crippen molar-refractivity contribution in [1.82, 2.24) is 10.2 Å². The van der Waals surface area contributed by atoms with Gasteiger partial charge in [-0.3, -0.25) is 13.9 Å². The second-order valence-electron chi connectivity index (χ2n) is 10.5. The Morgan fingerprint density at radius 2 is 1.60 bits per heavy atom.